The summed E-state index contributed by atoms with van der Waals surface area (Å²) in [5.74, 6) is 0. The van der Waals surface area contributed by atoms with Gasteiger partial charge in [-0.3, -0.25) is 0 Å². The first-order valence-electron chi connectivity index (χ1n) is 7.21. The lowest BCUT2D eigenvalue weighted by molar-refractivity contribution is -0.600. The summed E-state index contributed by atoms with van der Waals surface area (Å²) in [6.07, 6.45) is 1.87. The third-order valence-electron chi connectivity index (χ3n) is 3.72. The fraction of sp³-hybridized carbons (Fsp3) is 0. The molecule has 0 amide bonds. The van der Waals surface area contributed by atoms with Crippen LogP contribution in [0.15, 0.2) is 83.8 Å². The van der Waals surface area contributed by atoms with Gasteiger partial charge in [0.2, 0.25) is 0 Å². The summed E-state index contributed by atoms with van der Waals surface area (Å²) in [5, 5.41) is 0.638. The van der Waals surface area contributed by atoms with Crippen molar-refractivity contribution in [1.82, 2.24) is 9.25 Å². The first-order valence-corrected chi connectivity index (χ1v) is 7.59. The van der Waals surface area contributed by atoms with Crippen LogP contribution in [-0.2, 0) is 0 Å². The number of aromatic nitrogens is 3. The van der Waals surface area contributed by atoms with Crippen LogP contribution in [0.4, 0.5) is 0 Å². The van der Waals surface area contributed by atoms with Crippen molar-refractivity contribution in [2.24, 2.45) is 0 Å². The number of halogens is 1. The first kappa shape index (κ1) is 13.8. The van der Waals surface area contributed by atoms with E-state index in [2.05, 4.69) is 0 Å². The van der Waals surface area contributed by atoms with Gasteiger partial charge in [-0.1, -0.05) is 35.9 Å². The summed E-state index contributed by atoms with van der Waals surface area (Å²) in [6.45, 7) is 0. The molecule has 2 aromatic heterocycles. The maximum Gasteiger partial charge on any atom is 0.457 e. The Kier molecular flexibility index (Phi) is 3.24. The van der Waals surface area contributed by atoms with Crippen molar-refractivity contribution in [1.29, 1.82) is 0 Å². The number of nitrogens with zero attached hydrogens (tertiary/aromatic N) is 3. The third kappa shape index (κ3) is 2.24. The minimum atomic E-state index is -0.135. The number of hydrogen-bond acceptors (Lipinski definition) is 1. The molecule has 2 heterocycles. The van der Waals surface area contributed by atoms with Gasteiger partial charge in [0.05, 0.1) is 5.69 Å². The average molecular weight is 323 g/mol. The topological polar surface area (TPSA) is 31.0 Å². The Balaban J connectivity index is 2.09. The molecule has 23 heavy (non-hydrogen) atoms. The average Bonchev–Trinajstić information content (AvgIpc) is 2.88. The predicted octanol–water partition coefficient (Wildman–Crippen LogP) is 3.02. The van der Waals surface area contributed by atoms with Crippen LogP contribution in [0.1, 0.15) is 0 Å². The molecule has 4 rings (SSSR count). The van der Waals surface area contributed by atoms with Crippen LogP contribution in [0.2, 0.25) is 5.02 Å². The summed E-state index contributed by atoms with van der Waals surface area (Å²) in [4.78, 5) is 13.0. The van der Waals surface area contributed by atoms with E-state index in [0.29, 0.717) is 5.02 Å². The van der Waals surface area contributed by atoms with Crippen LogP contribution in [0, 0.1) is 0 Å². The maximum atomic E-state index is 13.0. The second-order valence-electron chi connectivity index (χ2n) is 5.15. The maximum absolute atomic E-state index is 13.0. The SMILES string of the molecule is O=c1n(-c2ccccc2)c2cccc[n+]2n1-c1ccc(Cl)cc1. The molecular weight excluding hydrogens is 310 g/mol. The van der Waals surface area contributed by atoms with Crippen molar-refractivity contribution < 1.29 is 4.52 Å². The Labute approximate surface area is 137 Å². The molecule has 0 saturated heterocycles. The largest absolute Gasteiger partial charge is 0.457 e. The number of pyridine rings is 1. The molecule has 0 fully saturated rings. The molecule has 0 radical (unpaired) electrons. The second kappa shape index (κ2) is 5.41. The Morgan fingerprint density at radius 1 is 0.783 bits per heavy atom. The van der Waals surface area contributed by atoms with Crippen LogP contribution in [0.25, 0.3) is 17.0 Å². The van der Waals surface area contributed by atoms with Crippen molar-refractivity contribution in [3.63, 3.8) is 0 Å². The standard InChI is InChI=1S/C18H13ClN3O/c19-14-9-11-16(12-10-14)22-18(23)21(15-6-2-1-3-7-15)17-8-4-5-13-20(17)22/h1-13H/q+1. The van der Waals surface area contributed by atoms with E-state index >= 15 is 0 Å². The lowest BCUT2D eigenvalue weighted by Gasteiger charge is -1.98. The number of benzene rings is 2. The molecule has 5 heteroatoms. The van der Waals surface area contributed by atoms with E-state index in [1.807, 2.05) is 71.4 Å². The van der Waals surface area contributed by atoms with E-state index in [-0.39, 0.29) is 5.69 Å². The second-order valence-corrected chi connectivity index (χ2v) is 5.58. The molecule has 0 spiro atoms. The summed E-state index contributed by atoms with van der Waals surface area (Å²) in [6, 6.07) is 22.5. The van der Waals surface area contributed by atoms with Gasteiger partial charge in [-0.05, 0) is 42.5 Å². The highest BCUT2D eigenvalue weighted by atomic mass is 35.5. The van der Waals surface area contributed by atoms with Crippen molar-refractivity contribution in [3.05, 3.63) is 94.5 Å². The van der Waals surface area contributed by atoms with E-state index < -0.39 is 0 Å². The van der Waals surface area contributed by atoms with Crippen LogP contribution < -0.4 is 10.2 Å². The van der Waals surface area contributed by atoms with Crippen molar-refractivity contribution >= 4 is 17.2 Å². The summed E-state index contributed by atoms with van der Waals surface area (Å²) >= 11 is 5.96. The lowest BCUT2D eigenvalue weighted by Crippen LogP contribution is -2.36. The van der Waals surface area contributed by atoms with Crippen LogP contribution in [0.3, 0.4) is 0 Å². The molecule has 0 saturated carbocycles. The zero-order valence-corrected chi connectivity index (χ0v) is 12.9. The Bertz CT molecular complexity index is 1030. The first-order chi connectivity index (χ1) is 11.3. The van der Waals surface area contributed by atoms with Crippen molar-refractivity contribution in [2.45, 2.75) is 0 Å². The molecule has 4 nitrogen and oxygen atoms in total. The van der Waals surface area contributed by atoms with Crippen LogP contribution in [-0.4, -0.2) is 9.25 Å². The highest BCUT2D eigenvalue weighted by Crippen LogP contribution is 2.13. The smallest absolute Gasteiger partial charge is 0.216 e. The van der Waals surface area contributed by atoms with Gasteiger partial charge in [0.15, 0.2) is 0 Å². The van der Waals surface area contributed by atoms with Crippen molar-refractivity contribution in [3.8, 4) is 11.4 Å². The number of hydrogen-bond donors (Lipinski definition) is 0. The highest BCUT2D eigenvalue weighted by Gasteiger charge is 2.23. The quantitative estimate of drug-likeness (QED) is 0.522. The fourth-order valence-corrected chi connectivity index (χ4v) is 2.82. The fourth-order valence-electron chi connectivity index (χ4n) is 2.69. The van der Waals surface area contributed by atoms with E-state index in [1.54, 1.807) is 21.4 Å². The molecule has 0 atom stereocenters. The zero-order chi connectivity index (χ0) is 15.8. The van der Waals surface area contributed by atoms with Gasteiger partial charge in [-0.15, -0.1) is 13.8 Å². The minimum Gasteiger partial charge on any atom is -0.216 e. The van der Waals surface area contributed by atoms with Gasteiger partial charge in [-0.25, -0.2) is 4.79 Å². The Hall–Kier alpha value is -2.85. The van der Waals surface area contributed by atoms with Gasteiger partial charge in [0, 0.05) is 11.1 Å². The minimum absolute atomic E-state index is 0.135. The van der Waals surface area contributed by atoms with Crippen LogP contribution >= 0.6 is 11.6 Å². The molecule has 2 aromatic carbocycles. The summed E-state index contributed by atoms with van der Waals surface area (Å²) in [5.41, 5.74) is 2.24. The number of rotatable bonds is 2. The van der Waals surface area contributed by atoms with Gasteiger partial charge in [-0.2, -0.15) is 0 Å². The molecule has 0 unspecified atom stereocenters. The van der Waals surface area contributed by atoms with E-state index in [0.717, 1.165) is 17.0 Å². The Morgan fingerprint density at radius 2 is 1.48 bits per heavy atom. The molecule has 0 aliphatic rings. The van der Waals surface area contributed by atoms with Gasteiger partial charge in [0.25, 0.3) is 0 Å². The van der Waals surface area contributed by atoms with Gasteiger partial charge in [0.1, 0.15) is 11.9 Å². The summed E-state index contributed by atoms with van der Waals surface area (Å²) < 4.78 is 5.14. The third-order valence-corrected chi connectivity index (χ3v) is 3.97. The van der Waals surface area contributed by atoms with E-state index in [9.17, 15) is 4.79 Å². The van der Waals surface area contributed by atoms with E-state index in [1.165, 1.54) is 0 Å². The molecule has 0 N–H and O–H groups in total. The molecule has 0 bridgehead atoms. The monoisotopic (exact) mass is 322 g/mol. The van der Waals surface area contributed by atoms with Gasteiger partial charge < -0.3 is 0 Å². The van der Waals surface area contributed by atoms with E-state index in [4.69, 9.17) is 11.6 Å². The van der Waals surface area contributed by atoms with Gasteiger partial charge >= 0.3 is 11.3 Å². The zero-order valence-electron chi connectivity index (χ0n) is 12.1. The molecule has 112 valence electrons. The number of para-hydroxylation sites is 1. The lowest BCUT2D eigenvalue weighted by atomic mass is 10.3. The molecule has 4 aromatic rings. The normalized spacial score (nSPS) is 11.0. The summed E-state index contributed by atoms with van der Waals surface area (Å²) in [7, 11) is 0. The van der Waals surface area contributed by atoms with Crippen molar-refractivity contribution in [2.75, 3.05) is 0 Å². The van der Waals surface area contributed by atoms with Crippen LogP contribution in [0.5, 0.6) is 0 Å². The molecule has 0 aliphatic carbocycles. The Morgan fingerprint density at radius 3 is 2.22 bits per heavy atom. The molecular formula is C18H13ClN3O+. The number of fused-ring (bicyclic) bond motifs is 1. The highest BCUT2D eigenvalue weighted by molar-refractivity contribution is 6.30. The molecule has 0 aliphatic heterocycles. The predicted molar refractivity (Wildman–Crippen MR) is 89.5 cm³/mol.